The highest BCUT2D eigenvalue weighted by Gasteiger charge is 2.29. The molecular weight excluding hydrogens is 384 g/mol. The molecule has 0 aromatic heterocycles. The molecule has 20 heavy (non-hydrogen) atoms. The first-order chi connectivity index (χ1) is 9.33. The molecule has 1 saturated carbocycles. The highest BCUT2D eigenvalue weighted by Crippen LogP contribution is 2.33. The monoisotopic (exact) mass is 398 g/mol. The Morgan fingerprint density at radius 1 is 1.45 bits per heavy atom. The van der Waals surface area contributed by atoms with Gasteiger partial charge in [0.15, 0.2) is 0 Å². The smallest absolute Gasteiger partial charge is 0.242 e. The number of nitrogens with two attached hydrogens (primary N) is 1. The second-order valence-electron chi connectivity index (χ2n) is 4.80. The van der Waals surface area contributed by atoms with Crippen LogP contribution in [0.5, 0.6) is 0 Å². The van der Waals surface area contributed by atoms with Gasteiger partial charge in [0.05, 0.1) is 9.37 Å². The van der Waals surface area contributed by atoms with Crippen molar-refractivity contribution >= 4 is 55.0 Å². The van der Waals surface area contributed by atoms with Crippen molar-refractivity contribution in [3.8, 4) is 0 Å². The van der Waals surface area contributed by atoms with Gasteiger partial charge in [0.25, 0.3) is 0 Å². The Bertz CT molecular complexity index is 610. The Hall–Kier alpha value is 0.0500. The highest BCUT2D eigenvalue weighted by atomic mass is 79.9. The highest BCUT2D eigenvalue weighted by molar-refractivity contribution is 9.10. The molecule has 1 aliphatic rings. The number of hydrogen-bond donors (Lipinski definition) is 2. The van der Waals surface area contributed by atoms with Gasteiger partial charge >= 0.3 is 0 Å². The van der Waals surface area contributed by atoms with Crippen LogP contribution in [0.2, 0.25) is 5.02 Å². The zero-order valence-corrected chi connectivity index (χ0v) is 14.9. The number of rotatable bonds is 4. The Kier molecular flexibility index (Phi) is 5.29. The summed E-state index contributed by atoms with van der Waals surface area (Å²) in [5, 5.41) is 0.829. The van der Waals surface area contributed by atoms with Crippen LogP contribution >= 0.6 is 39.3 Å². The van der Waals surface area contributed by atoms with E-state index in [9.17, 15) is 8.42 Å². The molecule has 0 heterocycles. The first-order valence-corrected chi connectivity index (χ1v) is 10.1. The third-order valence-corrected chi connectivity index (χ3v) is 7.37. The Balaban J connectivity index is 2.23. The number of nitrogens with one attached hydrogen (secondary N) is 1. The van der Waals surface area contributed by atoms with Crippen molar-refractivity contribution in [2.75, 3.05) is 12.0 Å². The van der Waals surface area contributed by atoms with E-state index >= 15 is 0 Å². The van der Waals surface area contributed by atoms with Crippen LogP contribution in [0.25, 0.3) is 0 Å². The molecule has 0 aliphatic heterocycles. The molecule has 2 unspecified atom stereocenters. The van der Waals surface area contributed by atoms with Gasteiger partial charge in [0, 0.05) is 22.0 Å². The van der Waals surface area contributed by atoms with Crippen LogP contribution in [0.15, 0.2) is 21.5 Å². The van der Waals surface area contributed by atoms with E-state index in [1.807, 2.05) is 0 Å². The normalized spacial score (nSPS) is 23.1. The molecule has 1 aromatic rings. The summed E-state index contributed by atoms with van der Waals surface area (Å²) in [6.07, 6.45) is 4.80. The zero-order chi connectivity index (χ0) is 14.9. The third kappa shape index (κ3) is 3.62. The topological polar surface area (TPSA) is 72.2 Å². The van der Waals surface area contributed by atoms with Gasteiger partial charge in [-0.3, -0.25) is 0 Å². The van der Waals surface area contributed by atoms with Gasteiger partial charge < -0.3 is 5.73 Å². The van der Waals surface area contributed by atoms with Crippen molar-refractivity contribution in [2.24, 2.45) is 0 Å². The van der Waals surface area contributed by atoms with E-state index < -0.39 is 10.0 Å². The molecule has 0 radical (unpaired) electrons. The van der Waals surface area contributed by atoms with Crippen molar-refractivity contribution in [1.82, 2.24) is 4.72 Å². The molecule has 1 aromatic carbocycles. The Morgan fingerprint density at radius 2 is 2.15 bits per heavy atom. The van der Waals surface area contributed by atoms with Gasteiger partial charge in [-0.15, -0.1) is 0 Å². The number of sulfonamides is 1. The predicted molar refractivity (Wildman–Crippen MR) is 88.8 cm³/mol. The molecule has 2 rings (SSSR count). The molecule has 0 spiro atoms. The maximum absolute atomic E-state index is 12.4. The lowest BCUT2D eigenvalue weighted by Crippen LogP contribution is -2.33. The summed E-state index contributed by atoms with van der Waals surface area (Å²) in [5.74, 6) is 0. The second-order valence-corrected chi connectivity index (χ2v) is 8.85. The van der Waals surface area contributed by atoms with Crippen LogP contribution in [0.4, 0.5) is 5.69 Å². The van der Waals surface area contributed by atoms with Crippen LogP contribution in [0, 0.1) is 0 Å². The van der Waals surface area contributed by atoms with Gasteiger partial charge in [-0.1, -0.05) is 11.6 Å². The average Bonchev–Trinajstić information content (AvgIpc) is 2.80. The number of halogens is 2. The quantitative estimate of drug-likeness (QED) is 0.762. The van der Waals surface area contributed by atoms with E-state index in [1.165, 1.54) is 12.1 Å². The van der Waals surface area contributed by atoms with Crippen LogP contribution in [-0.2, 0) is 10.0 Å². The van der Waals surface area contributed by atoms with E-state index in [0.717, 1.165) is 19.3 Å². The van der Waals surface area contributed by atoms with E-state index in [-0.39, 0.29) is 10.9 Å². The first kappa shape index (κ1) is 16.4. The predicted octanol–water partition coefficient (Wildman–Crippen LogP) is 3.25. The van der Waals surface area contributed by atoms with Gasteiger partial charge in [-0.25, -0.2) is 13.1 Å². The molecule has 112 valence electrons. The largest absolute Gasteiger partial charge is 0.398 e. The Labute approximate surface area is 137 Å². The molecule has 0 saturated heterocycles. The minimum Gasteiger partial charge on any atom is -0.398 e. The van der Waals surface area contributed by atoms with Crippen LogP contribution in [0.1, 0.15) is 19.3 Å². The molecule has 3 N–H and O–H groups in total. The molecule has 0 bridgehead atoms. The van der Waals surface area contributed by atoms with Crippen molar-refractivity contribution < 1.29 is 8.42 Å². The van der Waals surface area contributed by atoms with Crippen molar-refractivity contribution in [3.63, 3.8) is 0 Å². The van der Waals surface area contributed by atoms with Gasteiger partial charge in [0.1, 0.15) is 0 Å². The fourth-order valence-electron chi connectivity index (χ4n) is 2.32. The van der Waals surface area contributed by atoms with Crippen molar-refractivity contribution in [2.45, 2.75) is 35.4 Å². The third-order valence-electron chi connectivity index (χ3n) is 3.36. The summed E-state index contributed by atoms with van der Waals surface area (Å²) >= 11 is 10.9. The molecule has 8 heteroatoms. The van der Waals surface area contributed by atoms with E-state index in [1.54, 1.807) is 11.8 Å². The van der Waals surface area contributed by atoms with E-state index in [0.29, 0.717) is 20.4 Å². The number of thioether (sulfide) groups is 1. The summed E-state index contributed by atoms with van der Waals surface area (Å²) in [5.41, 5.74) is 6.05. The SMILES string of the molecule is CSC1CCC(NS(=O)(=O)c2cc(Cl)cc(N)c2Br)C1. The van der Waals surface area contributed by atoms with Gasteiger partial charge in [-0.05, 0) is 53.6 Å². The average molecular weight is 400 g/mol. The van der Waals surface area contributed by atoms with E-state index in [4.69, 9.17) is 17.3 Å². The Morgan fingerprint density at radius 3 is 2.75 bits per heavy atom. The lowest BCUT2D eigenvalue weighted by molar-refractivity contribution is 0.552. The molecule has 4 nitrogen and oxygen atoms in total. The minimum atomic E-state index is -3.62. The molecular formula is C12H16BrClN2O2S2. The van der Waals surface area contributed by atoms with E-state index in [2.05, 4.69) is 26.9 Å². The zero-order valence-electron chi connectivity index (χ0n) is 10.9. The fourth-order valence-corrected chi connectivity index (χ4v) is 5.70. The van der Waals surface area contributed by atoms with Crippen molar-refractivity contribution in [3.05, 3.63) is 21.6 Å². The number of anilines is 1. The number of hydrogen-bond acceptors (Lipinski definition) is 4. The van der Waals surface area contributed by atoms with Crippen LogP contribution < -0.4 is 10.5 Å². The molecule has 1 aliphatic carbocycles. The minimum absolute atomic E-state index is 0.0236. The first-order valence-electron chi connectivity index (χ1n) is 6.13. The second kappa shape index (κ2) is 6.44. The lowest BCUT2D eigenvalue weighted by Gasteiger charge is -2.15. The standard InChI is InChI=1S/C12H16BrClN2O2S2/c1-19-9-3-2-8(6-9)16-20(17,18)11-5-7(14)4-10(15)12(11)13/h4-5,8-9,16H,2-3,6,15H2,1H3. The molecule has 1 fully saturated rings. The van der Waals surface area contributed by atoms with Crippen molar-refractivity contribution in [1.29, 1.82) is 0 Å². The maximum Gasteiger partial charge on any atom is 0.242 e. The van der Waals surface area contributed by atoms with Gasteiger partial charge in [0.2, 0.25) is 10.0 Å². The lowest BCUT2D eigenvalue weighted by atomic mass is 10.3. The number of nitrogen functional groups attached to an aromatic ring is 1. The van der Waals surface area contributed by atoms with Crippen LogP contribution in [0.3, 0.4) is 0 Å². The summed E-state index contributed by atoms with van der Waals surface area (Å²) in [4.78, 5) is 0.0927. The summed E-state index contributed by atoms with van der Waals surface area (Å²) < 4.78 is 28.0. The maximum atomic E-state index is 12.4. The number of benzene rings is 1. The molecule has 0 amide bonds. The van der Waals surface area contributed by atoms with Gasteiger partial charge in [-0.2, -0.15) is 11.8 Å². The summed E-state index contributed by atoms with van der Waals surface area (Å²) in [7, 11) is -3.62. The molecule has 2 atom stereocenters. The summed E-state index contributed by atoms with van der Waals surface area (Å²) in [6.45, 7) is 0. The summed E-state index contributed by atoms with van der Waals surface area (Å²) in [6, 6.07) is 2.90. The fraction of sp³-hybridized carbons (Fsp3) is 0.500. The van der Waals surface area contributed by atoms with Crippen LogP contribution in [-0.4, -0.2) is 26.0 Å².